The maximum Gasteiger partial charge on any atom is 0.0143 e. The molecule has 186 valence electrons. The van der Waals surface area contributed by atoms with E-state index in [0.29, 0.717) is 5.92 Å². The largest absolute Gasteiger partial charge is 0.0991 e. The van der Waals surface area contributed by atoms with Crippen molar-refractivity contribution in [3.63, 3.8) is 0 Å². The maximum atomic E-state index is 3.75. The summed E-state index contributed by atoms with van der Waals surface area (Å²) in [6, 6.07) is 33.6. The Kier molecular flexibility index (Phi) is 8.75. The number of hydrogen-bond acceptors (Lipinski definition) is 0. The molecule has 0 N–H and O–H groups in total. The van der Waals surface area contributed by atoms with Gasteiger partial charge in [0.15, 0.2) is 0 Å². The Morgan fingerprint density at radius 2 is 1.38 bits per heavy atom. The molecule has 1 atom stereocenters. The lowest BCUT2D eigenvalue weighted by Gasteiger charge is -2.23. The molecule has 0 aromatic heterocycles. The monoisotopic (exact) mass is 482 g/mol. The molecule has 0 nitrogen and oxygen atoms in total. The maximum absolute atomic E-state index is 3.75. The summed E-state index contributed by atoms with van der Waals surface area (Å²) in [5.41, 5.74) is 13.7. The molecule has 37 heavy (non-hydrogen) atoms. The summed E-state index contributed by atoms with van der Waals surface area (Å²) in [4.78, 5) is 0. The van der Waals surface area contributed by atoms with Crippen LogP contribution in [0.4, 0.5) is 0 Å². The first-order valence-corrected chi connectivity index (χ1v) is 13.7. The molecule has 0 spiro atoms. The summed E-state index contributed by atoms with van der Waals surface area (Å²) in [7, 11) is 0. The van der Waals surface area contributed by atoms with Crippen LogP contribution in [0.25, 0.3) is 27.8 Å². The molecule has 1 unspecified atom stereocenters. The Balaban J connectivity index is 0.000000765. The second kappa shape index (κ2) is 12.4. The van der Waals surface area contributed by atoms with Crippen LogP contribution in [0.2, 0.25) is 0 Å². The zero-order chi connectivity index (χ0) is 26.2. The quantitative estimate of drug-likeness (QED) is 0.248. The van der Waals surface area contributed by atoms with E-state index in [9.17, 15) is 0 Å². The smallest absolute Gasteiger partial charge is 0.0143 e. The van der Waals surface area contributed by atoms with E-state index in [2.05, 4.69) is 110 Å². The topological polar surface area (TPSA) is 0 Å². The zero-order valence-corrected chi connectivity index (χ0v) is 22.7. The molecule has 0 radical (unpaired) electrons. The summed E-state index contributed by atoms with van der Waals surface area (Å²) in [6.07, 6.45) is 10.4. The molecule has 0 heterocycles. The summed E-state index contributed by atoms with van der Waals surface area (Å²) in [5.74, 6) is 0.494. The van der Waals surface area contributed by atoms with Gasteiger partial charge in [0.1, 0.15) is 0 Å². The highest BCUT2D eigenvalue weighted by Crippen LogP contribution is 2.52. The second-order valence-corrected chi connectivity index (χ2v) is 8.91. The van der Waals surface area contributed by atoms with Gasteiger partial charge in [0.05, 0.1) is 0 Å². The third kappa shape index (κ3) is 5.16. The molecule has 0 saturated carbocycles. The summed E-state index contributed by atoms with van der Waals surface area (Å²) < 4.78 is 0. The molecule has 2 aliphatic rings. The third-order valence-corrected chi connectivity index (χ3v) is 7.01. The van der Waals surface area contributed by atoms with E-state index >= 15 is 0 Å². The molecule has 0 aliphatic heterocycles. The van der Waals surface area contributed by atoms with Crippen molar-refractivity contribution in [2.45, 2.75) is 46.5 Å². The fourth-order valence-corrected chi connectivity index (χ4v) is 5.50. The Morgan fingerprint density at radius 1 is 0.703 bits per heavy atom. The molecule has 4 aromatic carbocycles. The number of fused-ring (bicyclic) bond motifs is 3. The van der Waals surface area contributed by atoms with Gasteiger partial charge in [-0.1, -0.05) is 150 Å². The van der Waals surface area contributed by atoms with Crippen molar-refractivity contribution in [2.24, 2.45) is 0 Å². The highest BCUT2D eigenvalue weighted by Gasteiger charge is 2.33. The molecule has 0 saturated heterocycles. The average molecular weight is 483 g/mol. The van der Waals surface area contributed by atoms with Crippen LogP contribution in [0.3, 0.4) is 0 Å². The molecule has 6 rings (SSSR count). The van der Waals surface area contributed by atoms with E-state index in [1.54, 1.807) is 0 Å². The van der Waals surface area contributed by atoms with Crippen molar-refractivity contribution in [3.8, 4) is 22.3 Å². The van der Waals surface area contributed by atoms with Crippen molar-refractivity contribution in [2.75, 3.05) is 0 Å². The van der Waals surface area contributed by atoms with E-state index in [0.717, 1.165) is 12.8 Å². The van der Waals surface area contributed by atoms with E-state index < -0.39 is 0 Å². The minimum atomic E-state index is 0.494. The highest BCUT2D eigenvalue weighted by atomic mass is 14.4. The molecule has 4 aromatic rings. The van der Waals surface area contributed by atoms with Gasteiger partial charge in [-0.3, -0.25) is 0 Å². The van der Waals surface area contributed by atoms with Gasteiger partial charge in [0.25, 0.3) is 0 Å². The van der Waals surface area contributed by atoms with Crippen LogP contribution in [0, 0.1) is 0 Å². The van der Waals surface area contributed by atoms with Crippen LogP contribution in [0.1, 0.15) is 67.9 Å². The first kappa shape index (κ1) is 26.2. The van der Waals surface area contributed by atoms with E-state index in [1.165, 1.54) is 55.6 Å². The van der Waals surface area contributed by atoms with Crippen LogP contribution in [0.5, 0.6) is 0 Å². The SMILES string of the molecule is C=C/C=C\Cc1cccc(-c2ccc(C3=CCC4c5ccccc5-c5cccc3c54)cc2)c1.CC.CC. The summed E-state index contributed by atoms with van der Waals surface area (Å²) >= 11 is 0. The Labute approximate surface area is 223 Å². The Morgan fingerprint density at radius 3 is 2.16 bits per heavy atom. The van der Waals surface area contributed by atoms with Crippen molar-refractivity contribution in [3.05, 3.63) is 150 Å². The van der Waals surface area contributed by atoms with E-state index in [-0.39, 0.29) is 0 Å². The average Bonchev–Trinajstić information content (AvgIpc) is 3.31. The Hall–Kier alpha value is -3.90. The minimum Gasteiger partial charge on any atom is -0.0991 e. The van der Waals surface area contributed by atoms with Crippen LogP contribution >= 0.6 is 0 Å². The van der Waals surface area contributed by atoms with Crippen molar-refractivity contribution < 1.29 is 0 Å². The van der Waals surface area contributed by atoms with Gasteiger partial charge < -0.3 is 0 Å². The fraction of sp³-hybridized carbons (Fsp3) is 0.189. The molecule has 0 amide bonds. The van der Waals surface area contributed by atoms with Gasteiger partial charge in [-0.05, 0) is 68.5 Å². The molecule has 0 fully saturated rings. The Bertz CT molecular complexity index is 1410. The summed E-state index contributed by atoms with van der Waals surface area (Å²) in [6.45, 7) is 11.7. The fourth-order valence-electron chi connectivity index (χ4n) is 5.50. The predicted molar refractivity (Wildman–Crippen MR) is 163 cm³/mol. The molecule has 0 heteroatoms. The van der Waals surface area contributed by atoms with E-state index in [1.807, 2.05) is 39.8 Å². The lowest BCUT2D eigenvalue weighted by atomic mass is 9.80. The van der Waals surface area contributed by atoms with Crippen LogP contribution in [0.15, 0.2) is 122 Å². The van der Waals surface area contributed by atoms with Crippen LogP contribution in [-0.4, -0.2) is 0 Å². The molecular formula is C37H38. The van der Waals surface area contributed by atoms with Gasteiger partial charge in [-0.2, -0.15) is 0 Å². The number of benzene rings is 4. The molecular weight excluding hydrogens is 444 g/mol. The van der Waals surface area contributed by atoms with Gasteiger partial charge in [0, 0.05) is 5.92 Å². The lowest BCUT2D eigenvalue weighted by molar-refractivity contribution is 0.840. The van der Waals surface area contributed by atoms with Gasteiger partial charge in [-0.25, -0.2) is 0 Å². The van der Waals surface area contributed by atoms with E-state index in [4.69, 9.17) is 0 Å². The zero-order valence-electron chi connectivity index (χ0n) is 22.7. The molecule has 2 aliphatic carbocycles. The second-order valence-electron chi connectivity index (χ2n) is 8.91. The first-order chi connectivity index (χ1) is 18.3. The normalized spacial score (nSPS) is 14.4. The van der Waals surface area contributed by atoms with Crippen LogP contribution < -0.4 is 0 Å². The van der Waals surface area contributed by atoms with Gasteiger partial charge >= 0.3 is 0 Å². The highest BCUT2D eigenvalue weighted by molar-refractivity contribution is 5.91. The van der Waals surface area contributed by atoms with Gasteiger partial charge in [0.2, 0.25) is 0 Å². The minimum absolute atomic E-state index is 0.494. The summed E-state index contributed by atoms with van der Waals surface area (Å²) in [5, 5.41) is 0. The van der Waals surface area contributed by atoms with Crippen LogP contribution in [-0.2, 0) is 6.42 Å². The first-order valence-electron chi connectivity index (χ1n) is 13.7. The van der Waals surface area contributed by atoms with Crippen molar-refractivity contribution in [1.29, 1.82) is 0 Å². The third-order valence-electron chi connectivity index (χ3n) is 7.01. The predicted octanol–water partition coefficient (Wildman–Crippen LogP) is 10.6. The number of hydrogen-bond donors (Lipinski definition) is 0. The number of rotatable bonds is 5. The lowest BCUT2D eigenvalue weighted by Crippen LogP contribution is -2.06. The molecule has 0 bridgehead atoms. The standard InChI is InChI=1S/C33H26.2C2H6/c1-2-3-4-9-23-10-7-11-26(22-23)24-16-18-25(19-17-24)27-20-21-32-29-13-6-5-12-28(29)31-15-8-14-30(27)33(31)32;2*1-2/h2-8,10-20,22,32H,1,9,21H2;2*1-2H3/b4-3-;;. The number of allylic oxidation sites excluding steroid dienone is 4. The van der Waals surface area contributed by atoms with Crippen molar-refractivity contribution in [1.82, 2.24) is 0 Å². The van der Waals surface area contributed by atoms with Crippen molar-refractivity contribution >= 4 is 5.57 Å². The van der Waals surface area contributed by atoms with Gasteiger partial charge in [-0.15, -0.1) is 0 Å².